The molecule has 1 saturated heterocycles. The molecule has 0 aromatic carbocycles. The molecule has 1 N–H and O–H groups in total. The Morgan fingerprint density at radius 2 is 2.53 bits per heavy atom. The Bertz CT molecular complexity index is 389. The van der Waals surface area contributed by atoms with E-state index in [0.717, 1.165) is 18.5 Å². The molecule has 0 aliphatic carbocycles. The van der Waals surface area contributed by atoms with Crippen LogP contribution in [0.4, 0.5) is 0 Å². The molecule has 2 heterocycles. The Labute approximate surface area is 101 Å². The molecule has 0 amide bonds. The Balaban J connectivity index is 2.14. The minimum atomic E-state index is -0.103. The first-order valence-corrected chi connectivity index (χ1v) is 6.08. The van der Waals surface area contributed by atoms with Gasteiger partial charge in [-0.1, -0.05) is 0 Å². The molecule has 1 aliphatic rings. The van der Waals surface area contributed by atoms with Crippen LogP contribution in [0.15, 0.2) is 12.4 Å². The smallest absolute Gasteiger partial charge is 0.310 e. The molecule has 17 heavy (non-hydrogen) atoms. The number of esters is 1. The molecule has 1 unspecified atom stereocenters. The first-order valence-electron chi connectivity index (χ1n) is 6.08. The van der Waals surface area contributed by atoms with Crippen molar-refractivity contribution in [2.45, 2.75) is 19.3 Å². The number of aryl methyl sites for hydroxylation is 1. The summed E-state index contributed by atoms with van der Waals surface area (Å²) in [5.74, 6) is 0.0328. The van der Waals surface area contributed by atoms with Gasteiger partial charge in [-0.3, -0.25) is 9.48 Å². The number of aromatic nitrogens is 2. The van der Waals surface area contributed by atoms with Crippen molar-refractivity contribution in [2.24, 2.45) is 13.0 Å². The first-order chi connectivity index (χ1) is 8.22. The van der Waals surface area contributed by atoms with Gasteiger partial charge in [0, 0.05) is 25.7 Å². The van der Waals surface area contributed by atoms with Gasteiger partial charge in [0.2, 0.25) is 0 Å². The monoisotopic (exact) mass is 237 g/mol. The van der Waals surface area contributed by atoms with Crippen LogP contribution in [0.3, 0.4) is 0 Å². The van der Waals surface area contributed by atoms with Gasteiger partial charge in [0.15, 0.2) is 0 Å². The van der Waals surface area contributed by atoms with Crippen LogP contribution in [0.1, 0.15) is 24.8 Å². The number of hydrogen-bond donors (Lipinski definition) is 1. The highest BCUT2D eigenvalue weighted by atomic mass is 16.5. The molecule has 0 bridgehead atoms. The second-order valence-electron chi connectivity index (χ2n) is 4.41. The molecule has 1 aliphatic heterocycles. The van der Waals surface area contributed by atoms with E-state index in [1.165, 1.54) is 0 Å². The van der Waals surface area contributed by atoms with E-state index in [9.17, 15) is 4.79 Å². The summed E-state index contributed by atoms with van der Waals surface area (Å²) in [5, 5.41) is 7.43. The van der Waals surface area contributed by atoms with Crippen LogP contribution < -0.4 is 5.32 Å². The van der Waals surface area contributed by atoms with E-state index < -0.39 is 0 Å². The van der Waals surface area contributed by atoms with Crippen LogP contribution in [0.2, 0.25) is 0 Å². The highest BCUT2D eigenvalue weighted by Crippen LogP contribution is 2.30. The summed E-state index contributed by atoms with van der Waals surface area (Å²) in [4.78, 5) is 11.9. The lowest BCUT2D eigenvalue weighted by Gasteiger charge is -2.29. The van der Waals surface area contributed by atoms with Crippen molar-refractivity contribution in [3.8, 4) is 0 Å². The molecule has 0 saturated carbocycles. The molecule has 1 aromatic heterocycles. The van der Waals surface area contributed by atoms with E-state index in [-0.39, 0.29) is 17.8 Å². The minimum absolute atomic E-state index is 0.0899. The number of hydrogen-bond acceptors (Lipinski definition) is 4. The summed E-state index contributed by atoms with van der Waals surface area (Å²) >= 11 is 0. The molecular formula is C12H19N3O2. The van der Waals surface area contributed by atoms with Crippen molar-refractivity contribution in [1.29, 1.82) is 0 Å². The number of nitrogens with zero attached hydrogens (tertiary/aromatic N) is 2. The van der Waals surface area contributed by atoms with E-state index in [2.05, 4.69) is 10.4 Å². The maximum Gasteiger partial charge on any atom is 0.310 e. The maximum atomic E-state index is 11.9. The van der Waals surface area contributed by atoms with Gasteiger partial charge >= 0.3 is 5.97 Å². The fraction of sp³-hybridized carbons (Fsp3) is 0.667. The topological polar surface area (TPSA) is 56.1 Å². The molecule has 1 fully saturated rings. The van der Waals surface area contributed by atoms with E-state index in [1.807, 2.05) is 26.4 Å². The highest BCUT2D eigenvalue weighted by Gasteiger charge is 2.33. The van der Waals surface area contributed by atoms with Gasteiger partial charge < -0.3 is 10.1 Å². The lowest BCUT2D eigenvalue weighted by atomic mass is 9.82. The zero-order chi connectivity index (χ0) is 12.3. The molecule has 2 atom stereocenters. The Morgan fingerprint density at radius 3 is 3.18 bits per heavy atom. The van der Waals surface area contributed by atoms with Crippen LogP contribution in [0.5, 0.6) is 0 Å². The fourth-order valence-corrected chi connectivity index (χ4v) is 2.39. The van der Waals surface area contributed by atoms with E-state index in [4.69, 9.17) is 4.74 Å². The van der Waals surface area contributed by atoms with Crippen molar-refractivity contribution in [2.75, 3.05) is 19.7 Å². The first kappa shape index (κ1) is 12.1. The van der Waals surface area contributed by atoms with Gasteiger partial charge in [-0.25, -0.2) is 0 Å². The average molecular weight is 237 g/mol. The number of carbonyl (C=O) groups excluding carboxylic acids is 1. The van der Waals surface area contributed by atoms with Crippen molar-refractivity contribution < 1.29 is 9.53 Å². The van der Waals surface area contributed by atoms with Crippen LogP contribution in [-0.2, 0) is 16.6 Å². The number of piperidine rings is 1. The normalized spacial score (nSPS) is 24.6. The molecular weight excluding hydrogens is 218 g/mol. The molecule has 1 aromatic rings. The molecule has 5 nitrogen and oxygen atoms in total. The van der Waals surface area contributed by atoms with Crippen LogP contribution in [0.25, 0.3) is 0 Å². The van der Waals surface area contributed by atoms with Crippen molar-refractivity contribution in [3.05, 3.63) is 18.0 Å². The zero-order valence-electron chi connectivity index (χ0n) is 10.3. The van der Waals surface area contributed by atoms with Crippen LogP contribution >= 0.6 is 0 Å². The second-order valence-corrected chi connectivity index (χ2v) is 4.41. The second kappa shape index (κ2) is 5.31. The summed E-state index contributed by atoms with van der Waals surface area (Å²) in [7, 11) is 1.89. The molecule has 0 radical (unpaired) electrons. The third-order valence-corrected chi connectivity index (χ3v) is 3.22. The minimum Gasteiger partial charge on any atom is -0.466 e. The zero-order valence-corrected chi connectivity index (χ0v) is 10.3. The van der Waals surface area contributed by atoms with Gasteiger partial charge in [-0.15, -0.1) is 0 Å². The molecule has 94 valence electrons. The van der Waals surface area contributed by atoms with E-state index >= 15 is 0 Å². The fourth-order valence-electron chi connectivity index (χ4n) is 2.39. The third-order valence-electron chi connectivity index (χ3n) is 3.22. The summed E-state index contributed by atoms with van der Waals surface area (Å²) in [6.45, 7) is 3.91. The highest BCUT2D eigenvalue weighted by molar-refractivity contribution is 5.74. The number of nitrogens with one attached hydrogen (secondary N) is 1. The van der Waals surface area contributed by atoms with Gasteiger partial charge in [0.1, 0.15) is 0 Å². The Kier molecular flexibility index (Phi) is 3.78. The van der Waals surface area contributed by atoms with E-state index in [0.29, 0.717) is 13.2 Å². The van der Waals surface area contributed by atoms with Crippen LogP contribution in [-0.4, -0.2) is 35.4 Å². The van der Waals surface area contributed by atoms with Gasteiger partial charge in [-0.2, -0.15) is 5.10 Å². The average Bonchev–Trinajstić information content (AvgIpc) is 2.76. The van der Waals surface area contributed by atoms with Gasteiger partial charge in [-0.05, 0) is 25.5 Å². The Morgan fingerprint density at radius 1 is 1.71 bits per heavy atom. The van der Waals surface area contributed by atoms with Crippen molar-refractivity contribution >= 4 is 5.97 Å². The largest absolute Gasteiger partial charge is 0.466 e. The predicted octanol–water partition coefficient (Wildman–Crippen LogP) is 0.676. The SMILES string of the molecule is CCOC(=O)[C@H]1CNCCC1c1cnn(C)c1. The summed E-state index contributed by atoms with van der Waals surface area (Å²) < 4.78 is 6.91. The van der Waals surface area contributed by atoms with Crippen molar-refractivity contribution in [1.82, 2.24) is 15.1 Å². The lowest BCUT2D eigenvalue weighted by molar-refractivity contribution is -0.149. The predicted molar refractivity (Wildman–Crippen MR) is 63.6 cm³/mol. The van der Waals surface area contributed by atoms with Gasteiger partial charge in [0.25, 0.3) is 0 Å². The standard InChI is InChI=1S/C12H19N3O2/c1-3-17-12(16)11-7-13-5-4-10(11)9-6-14-15(2)8-9/h6,8,10-11,13H,3-5,7H2,1-2H3/t10?,11-/m0/s1. The lowest BCUT2D eigenvalue weighted by Crippen LogP contribution is -2.40. The Hall–Kier alpha value is -1.36. The van der Waals surface area contributed by atoms with Crippen LogP contribution in [0, 0.1) is 5.92 Å². The maximum absolute atomic E-state index is 11.9. The third kappa shape index (κ3) is 2.66. The van der Waals surface area contributed by atoms with Crippen molar-refractivity contribution in [3.63, 3.8) is 0 Å². The summed E-state index contributed by atoms with van der Waals surface area (Å²) in [5.41, 5.74) is 1.13. The molecule has 5 heteroatoms. The quantitative estimate of drug-likeness (QED) is 0.785. The number of ether oxygens (including phenoxy) is 1. The van der Waals surface area contributed by atoms with Gasteiger partial charge in [0.05, 0.1) is 18.7 Å². The van der Waals surface area contributed by atoms with E-state index in [1.54, 1.807) is 4.68 Å². The summed E-state index contributed by atoms with van der Waals surface area (Å²) in [6.07, 6.45) is 4.79. The number of carbonyl (C=O) groups is 1. The molecule has 2 rings (SSSR count). The summed E-state index contributed by atoms with van der Waals surface area (Å²) in [6, 6.07) is 0. The molecule has 0 spiro atoms. The number of rotatable bonds is 3.